The Morgan fingerprint density at radius 2 is 2.26 bits per heavy atom. The van der Waals surface area contributed by atoms with E-state index in [1.165, 1.54) is 0 Å². The highest BCUT2D eigenvalue weighted by Crippen LogP contribution is 2.28. The SMILES string of the molecule is COc1ccc(OC)c(NC(=O)C2COCCN2)c1. The van der Waals surface area contributed by atoms with Crippen LogP contribution in [0.15, 0.2) is 18.2 Å². The first-order valence-electron chi connectivity index (χ1n) is 6.08. The summed E-state index contributed by atoms with van der Waals surface area (Å²) < 4.78 is 15.6. The van der Waals surface area contributed by atoms with Crippen molar-refractivity contribution in [2.45, 2.75) is 6.04 Å². The lowest BCUT2D eigenvalue weighted by Crippen LogP contribution is -2.48. The summed E-state index contributed by atoms with van der Waals surface area (Å²) in [5, 5.41) is 5.92. The van der Waals surface area contributed by atoms with Gasteiger partial charge in [0, 0.05) is 12.6 Å². The number of hydrogen-bond donors (Lipinski definition) is 2. The number of nitrogens with one attached hydrogen (secondary N) is 2. The topological polar surface area (TPSA) is 68.8 Å². The zero-order chi connectivity index (χ0) is 13.7. The van der Waals surface area contributed by atoms with Crippen molar-refractivity contribution >= 4 is 11.6 Å². The smallest absolute Gasteiger partial charge is 0.244 e. The Hall–Kier alpha value is -1.79. The number of amides is 1. The molecule has 2 rings (SSSR count). The standard InChI is InChI=1S/C13H18N2O4/c1-17-9-3-4-12(18-2)10(7-9)15-13(16)11-8-19-6-5-14-11/h3-4,7,11,14H,5-6,8H2,1-2H3,(H,15,16). The van der Waals surface area contributed by atoms with E-state index in [1.54, 1.807) is 32.4 Å². The highest BCUT2D eigenvalue weighted by atomic mass is 16.5. The van der Waals surface area contributed by atoms with Crippen molar-refractivity contribution in [1.82, 2.24) is 5.32 Å². The van der Waals surface area contributed by atoms with Gasteiger partial charge in [0.2, 0.25) is 5.91 Å². The first kappa shape index (κ1) is 13.6. The molecule has 0 radical (unpaired) electrons. The normalized spacial score (nSPS) is 18.7. The molecule has 0 saturated carbocycles. The largest absolute Gasteiger partial charge is 0.497 e. The van der Waals surface area contributed by atoms with E-state index in [0.717, 1.165) is 0 Å². The Balaban J connectivity index is 2.10. The number of ether oxygens (including phenoxy) is 3. The van der Waals surface area contributed by atoms with E-state index in [1.807, 2.05) is 0 Å². The molecule has 1 aromatic rings. The minimum atomic E-state index is -0.343. The fraction of sp³-hybridized carbons (Fsp3) is 0.462. The molecule has 6 heteroatoms. The quantitative estimate of drug-likeness (QED) is 0.836. The van der Waals surface area contributed by atoms with Gasteiger partial charge in [0.15, 0.2) is 0 Å². The van der Waals surface area contributed by atoms with Crippen LogP contribution in [0.1, 0.15) is 0 Å². The van der Waals surface area contributed by atoms with Crippen molar-refractivity contribution in [2.75, 3.05) is 39.3 Å². The lowest BCUT2D eigenvalue weighted by molar-refractivity contribution is -0.120. The molecule has 1 unspecified atom stereocenters. The summed E-state index contributed by atoms with van der Waals surface area (Å²) in [7, 11) is 3.13. The van der Waals surface area contributed by atoms with Gasteiger partial charge >= 0.3 is 0 Å². The summed E-state index contributed by atoms with van der Waals surface area (Å²) in [5.41, 5.74) is 0.583. The molecule has 1 aliphatic rings. The average molecular weight is 266 g/mol. The minimum absolute atomic E-state index is 0.147. The molecule has 0 aliphatic carbocycles. The van der Waals surface area contributed by atoms with E-state index in [9.17, 15) is 4.79 Å². The summed E-state index contributed by atoms with van der Waals surface area (Å²) in [6, 6.07) is 4.90. The zero-order valence-electron chi connectivity index (χ0n) is 11.1. The van der Waals surface area contributed by atoms with Crippen LogP contribution in [0.2, 0.25) is 0 Å². The number of rotatable bonds is 4. The van der Waals surface area contributed by atoms with Gasteiger partial charge in [0.1, 0.15) is 17.5 Å². The predicted octanol–water partition coefficient (Wildman–Crippen LogP) is 0.631. The molecule has 2 N–H and O–H groups in total. The summed E-state index contributed by atoms with van der Waals surface area (Å²) in [4.78, 5) is 12.1. The van der Waals surface area contributed by atoms with E-state index in [4.69, 9.17) is 14.2 Å². The van der Waals surface area contributed by atoms with Crippen LogP contribution in [0, 0.1) is 0 Å². The molecule has 1 heterocycles. The van der Waals surface area contributed by atoms with Crippen LogP contribution in [0.25, 0.3) is 0 Å². The lowest BCUT2D eigenvalue weighted by atomic mass is 10.2. The van der Waals surface area contributed by atoms with Gasteiger partial charge in [-0.15, -0.1) is 0 Å². The Morgan fingerprint density at radius 1 is 1.42 bits per heavy atom. The van der Waals surface area contributed by atoms with Gasteiger partial charge in [-0.05, 0) is 12.1 Å². The summed E-state index contributed by atoms with van der Waals surface area (Å²) in [6.45, 7) is 1.68. The number of hydrogen-bond acceptors (Lipinski definition) is 5. The van der Waals surface area contributed by atoms with Gasteiger partial charge in [-0.1, -0.05) is 0 Å². The van der Waals surface area contributed by atoms with Crippen molar-refractivity contribution in [2.24, 2.45) is 0 Å². The molecule has 6 nitrogen and oxygen atoms in total. The first-order valence-corrected chi connectivity index (χ1v) is 6.08. The first-order chi connectivity index (χ1) is 9.24. The number of morpholine rings is 1. The summed E-state index contributed by atoms with van der Waals surface area (Å²) >= 11 is 0. The molecule has 1 aromatic carbocycles. The molecule has 1 fully saturated rings. The monoisotopic (exact) mass is 266 g/mol. The Morgan fingerprint density at radius 3 is 2.89 bits per heavy atom. The molecular weight excluding hydrogens is 248 g/mol. The average Bonchev–Trinajstić information content (AvgIpc) is 2.48. The zero-order valence-corrected chi connectivity index (χ0v) is 11.1. The molecule has 19 heavy (non-hydrogen) atoms. The highest BCUT2D eigenvalue weighted by Gasteiger charge is 2.22. The number of methoxy groups -OCH3 is 2. The number of benzene rings is 1. The molecule has 0 spiro atoms. The highest BCUT2D eigenvalue weighted by molar-refractivity contribution is 5.96. The van der Waals surface area contributed by atoms with Gasteiger partial charge in [-0.25, -0.2) is 0 Å². The van der Waals surface area contributed by atoms with E-state index < -0.39 is 0 Å². The van der Waals surface area contributed by atoms with Gasteiger partial charge in [0.25, 0.3) is 0 Å². The van der Waals surface area contributed by atoms with E-state index >= 15 is 0 Å². The molecule has 1 aliphatic heterocycles. The van der Waals surface area contributed by atoms with Gasteiger partial charge in [-0.2, -0.15) is 0 Å². The Kier molecular flexibility index (Phi) is 4.59. The number of anilines is 1. The van der Waals surface area contributed by atoms with E-state index in [2.05, 4.69) is 10.6 Å². The Labute approximate surface area is 112 Å². The third-order valence-corrected chi connectivity index (χ3v) is 2.90. The number of carbonyl (C=O) groups is 1. The van der Waals surface area contributed by atoms with E-state index in [-0.39, 0.29) is 11.9 Å². The van der Waals surface area contributed by atoms with Crippen LogP contribution in [-0.4, -0.2) is 45.9 Å². The second-order valence-corrected chi connectivity index (χ2v) is 4.14. The molecule has 0 bridgehead atoms. The minimum Gasteiger partial charge on any atom is -0.497 e. The van der Waals surface area contributed by atoms with Crippen LogP contribution in [0.5, 0.6) is 11.5 Å². The fourth-order valence-corrected chi connectivity index (χ4v) is 1.87. The summed E-state index contributed by atoms with van der Waals surface area (Å²) in [5.74, 6) is 1.10. The maximum atomic E-state index is 12.1. The van der Waals surface area contributed by atoms with Gasteiger partial charge in [-0.3, -0.25) is 4.79 Å². The van der Waals surface area contributed by atoms with Crippen molar-refractivity contribution in [3.63, 3.8) is 0 Å². The second kappa shape index (κ2) is 6.40. The molecule has 104 valence electrons. The van der Waals surface area contributed by atoms with Crippen LogP contribution in [-0.2, 0) is 9.53 Å². The molecule has 0 aromatic heterocycles. The van der Waals surface area contributed by atoms with Crippen molar-refractivity contribution < 1.29 is 19.0 Å². The fourth-order valence-electron chi connectivity index (χ4n) is 1.87. The van der Waals surface area contributed by atoms with Gasteiger partial charge in [0.05, 0.1) is 33.1 Å². The van der Waals surface area contributed by atoms with Crippen LogP contribution >= 0.6 is 0 Å². The van der Waals surface area contributed by atoms with Crippen molar-refractivity contribution in [3.8, 4) is 11.5 Å². The van der Waals surface area contributed by atoms with Gasteiger partial charge < -0.3 is 24.8 Å². The van der Waals surface area contributed by atoms with Crippen LogP contribution in [0.3, 0.4) is 0 Å². The maximum Gasteiger partial charge on any atom is 0.244 e. The molecule has 1 atom stereocenters. The van der Waals surface area contributed by atoms with Crippen molar-refractivity contribution in [1.29, 1.82) is 0 Å². The predicted molar refractivity (Wildman–Crippen MR) is 70.8 cm³/mol. The molecular formula is C13H18N2O4. The number of carbonyl (C=O) groups excluding carboxylic acids is 1. The lowest BCUT2D eigenvalue weighted by Gasteiger charge is -2.23. The van der Waals surface area contributed by atoms with Crippen LogP contribution < -0.4 is 20.1 Å². The van der Waals surface area contributed by atoms with Crippen molar-refractivity contribution in [3.05, 3.63) is 18.2 Å². The molecule has 1 saturated heterocycles. The third-order valence-electron chi connectivity index (χ3n) is 2.90. The maximum absolute atomic E-state index is 12.1. The Bertz CT molecular complexity index is 444. The summed E-state index contributed by atoms with van der Waals surface area (Å²) in [6.07, 6.45) is 0. The third kappa shape index (κ3) is 3.36. The molecule has 1 amide bonds. The van der Waals surface area contributed by atoms with E-state index in [0.29, 0.717) is 36.9 Å². The van der Waals surface area contributed by atoms with Crippen LogP contribution in [0.4, 0.5) is 5.69 Å². The second-order valence-electron chi connectivity index (χ2n) is 4.14.